The van der Waals surface area contributed by atoms with Crippen LogP contribution in [0.1, 0.15) is 12.0 Å². The molecule has 190 valence electrons. The minimum atomic E-state index is -0.150. The number of H-pyrrole nitrogens is 1. The highest BCUT2D eigenvalue weighted by Gasteiger charge is 2.18. The fraction of sp³-hybridized carbons (Fsp3) is 0.385. The molecule has 2 aromatic carbocycles. The third kappa shape index (κ3) is 6.10. The standard InChI is InChI=1S/C26H29ClN4O4S/c27-20-3-1-4-21(15-20)28-26(36)31(6-2-5-30-7-9-33-10-8-30)17-19-13-18-14-23-24(35-12-11-34-23)16-22(18)29-25(19)32/h1,3-4,13-16H,2,5-12,17H2,(H,28,36)(H,29,32). The normalized spacial score (nSPS) is 15.6. The van der Waals surface area contributed by atoms with Gasteiger partial charge < -0.3 is 29.4 Å². The lowest BCUT2D eigenvalue weighted by atomic mass is 10.1. The van der Waals surface area contributed by atoms with Crippen LogP contribution >= 0.6 is 23.8 Å². The number of anilines is 1. The number of halogens is 1. The van der Waals surface area contributed by atoms with Crippen LogP contribution in [-0.4, -0.2) is 72.5 Å². The maximum Gasteiger partial charge on any atom is 0.253 e. The van der Waals surface area contributed by atoms with E-state index in [9.17, 15) is 4.79 Å². The highest BCUT2D eigenvalue weighted by Crippen LogP contribution is 2.33. The van der Waals surface area contributed by atoms with Crippen molar-refractivity contribution in [3.63, 3.8) is 0 Å². The van der Waals surface area contributed by atoms with E-state index in [1.165, 1.54) is 0 Å². The number of fused-ring (bicyclic) bond motifs is 2. The molecular weight excluding hydrogens is 500 g/mol. The van der Waals surface area contributed by atoms with Gasteiger partial charge in [0.15, 0.2) is 16.6 Å². The van der Waals surface area contributed by atoms with Crippen molar-refractivity contribution in [2.24, 2.45) is 0 Å². The van der Waals surface area contributed by atoms with Gasteiger partial charge in [-0.25, -0.2) is 0 Å². The van der Waals surface area contributed by atoms with E-state index in [0.717, 1.165) is 50.3 Å². The second-order valence-electron chi connectivity index (χ2n) is 8.88. The number of aromatic nitrogens is 1. The molecule has 8 nitrogen and oxygen atoms in total. The van der Waals surface area contributed by atoms with Crippen molar-refractivity contribution in [3.05, 3.63) is 63.4 Å². The summed E-state index contributed by atoms with van der Waals surface area (Å²) in [6.07, 6.45) is 0.904. The Balaban J connectivity index is 1.36. The molecule has 0 amide bonds. The molecule has 2 N–H and O–H groups in total. The van der Waals surface area contributed by atoms with Gasteiger partial charge in [0, 0.05) is 53.9 Å². The van der Waals surface area contributed by atoms with Gasteiger partial charge in [-0.2, -0.15) is 0 Å². The van der Waals surface area contributed by atoms with Crippen molar-refractivity contribution in [2.45, 2.75) is 13.0 Å². The van der Waals surface area contributed by atoms with Gasteiger partial charge in [0.1, 0.15) is 13.2 Å². The van der Waals surface area contributed by atoms with Crippen LogP contribution in [0.2, 0.25) is 5.02 Å². The molecule has 1 aromatic heterocycles. The van der Waals surface area contributed by atoms with E-state index >= 15 is 0 Å². The zero-order chi connectivity index (χ0) is 24.9. The monoisotopic (exact) mass is 528 g/mol. The molecular formula is C26H29ClN4O4S. The van der Waals surface area contributed by atoms with Gasteiger partial charge in [0.05, 0.1) is 25.3 Å². The highest BCUT2D eigenvalue weighted by molar-refractivity contribution is 7.80. The second-order valence-corrected chi connectivity index (χ2v) is 9.70. The molecule has 0 atom stereocenters. The molecule has 3 heterocycles. The summed E-state index contributed by atoms with van der Waals surface area (Å²) >= 11 is 11.9. The lowest BCUT2D eigenvalue weighted by Gasteiger charge is -2.29. The second kappa shape index (κ2) is 11.5. The predicted molar refractivity (Wildman–Crippen MR) is 146 cm³/mol. The van der Waals surface area contributed by atoms with E-state index in [1.54, 1.807) is 0 Å². The zero-order valence-electron chi connectivity index (χ0n) is 19.9. The summed E-state index contributed by atoms with van der Waals surface area (Å²) in [4.78, 5) is 20.4. The fourth-order valence-electron chi connectivity index (χ4n) is 4.44. The number of aromatic amines is 1. The van der Waals surface area contributed by atoms with Crippen molar-refractivity contribution in [3.8, 4) is 11.5 Å². The smallest absolute Gasteiger partial charge is 0.253 e. The van der Waals surface area contributed by atoms with Crippen molar-refractivity contribution < 1.29 is 14.2 Å². The maximum atomic E-state index is 13.0. The van der Waals surface area contributed by atoms with Crippen LogP contribution in [0.5, 0.6) is 11.5 Å². The third-order valence-corrected chi connectivity index (χ3v) is 6.91. The Hall–Kier alpha value is -2.85. The largest absolute Gasteiger partial charge is 0.486 e. The van der Waals surface area contributed by atoms with Gasteiger partial charge in [-0.15, -0.1) is 0 Å². The minimum absolute atomic E-state index is 0.150. The van der Waals surface area contributed by atoms with Crippen molar-refractivity contribution in [1.29, 1.82) is 0 Å². The molecule has 2 aliphatic heterocycles. The number of rotatable bonds is 7. The van der Waals surface area contributed by atoms with E-state index in [-0.39, 0.29) is 5.56 Å². The first kappa shape index (κ1) is 24.8. The molecule has 5 rings (SSSR count). The van der Waals surface area contributed by atoms with Gasteiger partial charge in [-0.1, -0.05) is 17.7 Å². The van der Waals surface area contributed by atoms with Crippen molar-refractivity contribution >= 4 is 45.5 Å². The lowest BCUT2D eigenvalue weighted by Crippen LogP contribution is -2.40. The molecule has 1 saturated heterocycles. The van der Waals surface area contributed by atoms with E-state index < -0.39 is 0 Å². The summed E-state index contributed by atoms with van der Waals surface area (Å²) in [5, 5.41) is 5.33. The summed E-state index contributed by atoms with van der Waals surface area (Å²) in [7, 11) is 0. The van der Waals surface area contributed by atoms with Gasteiger partial charge >= 0.3 is 0 Å². The van der Waals surface area contributed by atoms with Gasteiger partial charge in [0.25, 0.3) is 5.56 Å². The van der Waals surface area contributed by atoms with E-state index in [2.05, 4.69) is 15.2 Å². The van der Waals surface area contributed by atoms with E-state index in [4.69, 9.17) is 38.0 Å². The van der Waals surface area contributed by atoms with Crippen LogP contribution in [-0.2, 0) is 11.3 Å². The van der Waals surface area contributed by atoms with Gasteiger partial charge in [0.2, 0.25) is 0 Å². The van der Waals surface area contributed by atoms with Crippen LogP contribution in [0, 0.1) is 0 Å². The first-order valence-electron chi connectivity index (χ1n) is 12.1. The number of thiocarbonyl (C=S) groups is 1. The summed E-state index contributed by atoms with van der Waals surface area (Å²) in [5.74, 6) is 1.33. The number of benzene rings is 2. The number of ether oxygens (including phenoxy) is 3. The molecule has 1 fully saturated rings. The Morgan fingerprint density at radius 3 is 2.64 bits per heavy atom. The summed E-state index contributed by atoms with van der Waals surface area (Å²) in [5.41, 5.74) is 2.00. The summed E-state index contributed by atoms with van der Waals surface area (Å²) in [6.45, 7) is 6.42. The molecule has 0 spiro atoms. The van der Waals surface area contributed by atoms with E-state index in [0.29, 0.717) is 59.0 Å². The predicted octanol–water partition coefficient (Wildman–Crippen LogP) is 3.87. The number of nitrogens with zero attached hydrogens (tertiary/aromatic N) is 2. The molecule has 10 heteroatoms. The molecule has 0 bridgehead atoms. The Kier molecular flexibility index (Phi) is 7.91. The number of pyridine rings is 1. The van der Waals surface area contributed by atoms with Gasteiger partial charge in [-0.3, -0.25) is 9.69 Å². The van der Waals surface area contributed by atoms with Crippen LogP contribution < -0.4 is 20.3 Å². The van der Waals surface area contributed by atoms with Crippen LogP contribution in [0.4, 0.5) is 5.69 Å². The van der Waals surface area contributed by atoms with Crippen LogP contribution in [0.25, 0.3) is 10.9 Å². The Morgan fingerprint density at radius 1 is 1.08 bits per heavy atom. The first-order chi connectivity index (χ1) is 17.5. The molecule has 0 unspecified atom stereocenters. The van der Waals surface area contributed by atoms with Crippen LogP contribution in [0.15, 0.2) is 47.3 Å². The quantitative estimate of drug-likeness (QED) is 0.447. The number of morpholine rings is 1. The lowest BCUT2D eigenvalue weighted by molar-refractivity contribution is 0.0367. The van der Waals surface area contributed by atoms with E-state index in [1.807, 2.05) is 47.4 Å². The fourth-order valence-corrected chi connectivity index (χ4v) is 4.91. The van der Waals surface area contributed by atoms with Crippen molar-refractivity contribution in [1.82, 2.24) is 14.8 Å². The Labute approximate surface area is 220 Å². The highest BCUT2D eigenvalue weighted by atomic mass is 35.5. The molecule has 2 aliphatic rings. The summed E-state index contributed by atoms with van der Waals surface area (Å²) < 4.78 is 16.8. The average molecular weight is 529 g/mol. The molecule has 0 aliphatic carbocycles. The minimum Gasteiger partial charge on any atom is -0.486 e. The van der Waals surface area contributed by atoms with Crippen LogP contribution in [0.3, 0.4) is 0 Å². The Morgan fingerprint density at radius 2 is 1.86 bits per heavy atom. The maximum absolute atomic E-state index is 13.0. The third-order valence-electron chi connectivity index (χ3n) is 6.31. The van der Waals surface area contributed by atoms with Gasteiger partial charge in [-0.05, 0) is 49.0 Å². The number of hydrogen-bond donors (Lipinski definition) is 2. The van der Waals surface area contributed by atoms with Crippen molar-refractivity contribution in [2.75, 3.05) is 57.9 Å². The molecule has 36 heavy (non-hydrogen) atoms. The molecule has 0 saturated carbocycles. The molecule has 0 radical (unpaired) electrons. The first-order valence-corrected chi connectivity index (χ1v) is 12.9. The average Bonchev–Trinajstić information content (AvgIpc) is 2.88. The number of nitrogens with one attached hydrogen (secondary N) is 2. The molecule has 3 aromatic rings. The SMILES string of the molecule is O=c1[nH]c2cc3c(cc2cc1CN(CCCN1CCOCC1)C(=S)Nc1cccc(Cl)c1)OCCO3. The Bertz CT molecular complexity index is 1290. The number of hydrogen-bond acceptors (Lipinski definition) is 6. The zero-order valence-corrected chi connectivity index (χ0v) is 21.5. The topological polar surface area (TPSA) is 79.1 Å². The summed E-state index contributed by atoms with van der Waals surface area (Å²) in [6, 6.07) is 13.1.